The maximum atomic E-state index is 13.6. The summed E-state index contributed by atoms with van der Waals surface area (Å²) < 4.78 is 0. The molecule has 1 aliphatic rings. The molecule has 0 radical (unpaired) electrons. The van der Waals surface area contributed by atoms with Crippen molar-refractivity contribution in [3.05, 3.63) is 136 Å². The van der Waals surface area contributed by atoms with Gasteiger partial charge in [-0.1, -0.05) is 96.5 Å². The van der Waals surface area contributed by atoms with E-state index in [9.17, 15) is 9.59 Å². The van der Waals surface area contributed by atoms with Gasteiger partial charge in [0.15, 0.2) is 5.11 Å². The second kappa shape index (κ2) is 12.9. The Kier molecular flexibility index (Phi) is 8.86. The van der Waals surface area contributed by atoms with Crippen LogP contribution in [-0.2, 0) is 0 Å². The molecule has 1 saturated heterocycles. The fourth-order valence-electron chi connectivity index (χ4n) is 4.99. The molecule has 6 nitrogen and oxygen atoms in total. The molecule has 4 aromatic carbocycles. The minimum Gasteiger partial charge on any atom is -0.336 e. The predicted molar refractivity (Wildman–Crippen MR) is 164 cm³/mol. The predicted octanol–water partition coefficient (Wildman–Crippen LogP) is 6.01. The lowest BCUT2D eigenvalue weighted by atomic mass is 9.96. The van der Waals surface area contributed by atoms with Gasteiger partial charge in [0.05, 0.1) is 27.9 Å². The van der Waals surface area contributed by atoms with E-state index in [4.69, 9.17) is 23.8 Å². The summed E-state index contributed by atoms with van der Waals surface area (Å²) in [4.78, 5) is 30.5. The summed E-state index contributed by atoms with van der Waals surface area (Å²) in [5.41, 5.74) is 3.81. The number of nitrogens with zero attached hydrogens (tertiary/aromatic N) is 2. The van der Waals surface area contributed by atoms with Gasteiger partial charge < -0.3 is 10.2 Å². The fourth-order valence-corrected chi connectivity index (χ4v) is 5.41. The molecule has 0 aromatic heterocycles. The van der Waals surface area contributed by atoms with Crippen molar-refractivity contribution in [2.24, 2.45) is 0 Å². The Labute approximate surface area is 244 Å². The van der Waals surface area contributed by atoms with Crippen molar-refractivity contribution in [2.45, 2.75) is 6.04 Å². The zero-order valence-corrected chi connectivity index (χ0v) is 23.4. The van der Waals surface area contributed by atoms with Crippen molar-refractivity contribution in [3.63, 3.8) is 0 Å². The van der Waals surface area contributed by atoms with Crippen LogP contribution in [0.3, 0.4) is 0 Å². The van der Waals surface area contributed by atoms with Crippen LogP contribution in [0.4, 0.5) is 5.69 Å². The van der Waals surface area contributed by atoms with Gasteiger partial charge in [0.25, 0.3) is 11.8 Å². The van der Waals surface area contributed by atoms with Gasteiger partial charge in [0.1, 0.15) is 0 Å². The van der Waals surface area contributed by atoms with E-state index in [0.29, 0.717) is 34.9 Å². The quantitative estimate of drug-likeness (QED) is 0.279. The van der Waals surface area contributed by atoms with Crippen LogP contribution < -0.4 is 10.6 Å². The van der Waals surface area contributed by atoms with Crippen molar-refractivity contribution in [3.8, 4) is 0 Å². The SMILES string of the molecule is O=C(NC(=S)Nc1ccccc1C(=O)N1CCN(C(c2ccccc2)c2ccccc2)CC1)c1ccccc1Cl. The molecule has 202 valence electrons. The largest absolute Gasteiger partial charge is 0.336 e. The van der Waals surface area contributed by atoms with Crippen LogP contribution in [0, 0.1) is 0 Å². The number of nitrogens with one attached hydrogen (secondary N) is 2. The van der Waals surface area contributed by atoms with E-state index in [1.165, 1.54) is 11.1 Å². The van der Waals surface area contributed by atoms with Crippen LogP contribution >= 0.6 is 23.8 Å². The highest BCUT2D eigenvalue weighted by molar-refractivity contribution is 7.80. The standard InChI is InChI=1S/C32H29ClN4O2S/c33-27-17-9-7-15-25(27)30(38)35-32(40)34-28-18-10-8-16-26(28)31(39)37-21-19-36(20-22-37)29(23-11-3-1-4-12-23)24-13-5-2-6-14-24/h1-18,29H,19-22H2,(H2,34,35,38,40). The summed E-state index contributed by atoms with van der Waals surface area (Å²) in [6, 6.07) is 35.0. The molecule has 1 aliphatic heterocycles. The van der Waals surface area contributed by atoms with Gasteiger partial charge in [0, 0.05) is 26.2 Å². The Balaban J connectivity index is 1.26. The zero-order chi connectivity index (χ0) is 27.9. The van der Waals surface area contributed by atoms with Gasteiger partial charge in [-0.05, 0) is 47.6 Å². The Bertz CT molecular complexity index is 1450. The molecule has 5 rings (SSSR count). The first-order valence-corrected chi connectivity index (χ1v) is 13.9. The number of benzene rings is 4. The summed E-state index contributed by atoms with van der Waals surface area (Å²) in [6.45, 7) is 2.66. The van der Waals surface area contributed by atoms with E-state index < -0.39 is 5.91 Å². The number of hydrogen-bond acceptors (Lipinski definition) is 4. The van der Waals surface area contributed by atoms with Crippen LogP contribution in [-0.4, -0.2) is 52.9 Å². The zero-order valence-electron chi connectivity index (χ0n) is 21.8. The molecule has 0 spiro atoms. The van der Waals surface area contributed by atoms with E-state index in [1.807, 2.05) is 29.2 Å². The van der Waals surface area contributed by atoms with Gasteiger partial charge in [-0.15, -0.1) is 0 Å². The number of thiocarbonyl (C=S) groups is 1. The molecule has 0 bridgehead atoms. The Hall–Kier alpha value is -4.04. The van der Waals surface area contributed by atoms with Crippen molar-refractivity contribution in [1.29, 1.82) is 0 Å². The lowest BCUT2D eigenvalue weighted by Crippen LogP contribution is -2.50. The highest BCUT2D eigenvalue weighted by atomic mass is 35.5. The van der Waals surface area contributed by atoms with E-state index in [0.717, 1.165) is 13.1 Å². The summed E-state index contributed by atoms with van der Waals surface area (Å²) in [6.07, 6.45) is 0. The number of anilines is 1. The van der Waals surface area contributed by atoms with E-state index in [-0.39, 0.29) is 17.1 Å². The highest BCUT2D eigenvalue weighted by Crippen LogP contribution is 2.30. The fraction of sp³-hybridized carbons (Fsp3) is 0.156. The van der Waals surface area contributed by atoms with Crippen molar-refractivity contribution >= 4 is 46.4 Å². The molecule has 0 saturated carbocycles. The number of rotatable bonds is 6. The topological polar surface area (TPSA) is 64.7 Å². The summed E-state index contributed by atoms with van der Waals surface area (Å²) in [7, 11) is 0. The van der Waals surface area contributed by atoms with Crippen molar-refractivity contribution in [2.75, 3.05) is 31.5 Å². The Morgan fingerprint density at radius 3 is 1.82 bits per heavy atom. The molecule has 0 aliphatic carbocycles. The minimum absolute atomic E-state index is 0.0843. The number of piperazine rings is 1. The molecule has 4 aromatic rings. The van der Waals surface area contributed by atoms with Gasteiger partial charge in [-0.25, -0.2) is 0 Å². The molecular weight excluding hydrogens is 540 g/mol. The maximum absolute atomic E-state index is 13.6. The van der Waals surface area contributed by atoms with Gasteiger partial charge >= 0.3 is 0 Å². The summed E-state index contributed by atoms with van der Waals surface area (Å²) >= 11 is 11.5. The average molecular weight is 569 g/mol. The van der Waals surface area contributed by atoms with E-state index in [2.05, 4.69) is 64.1 Å². The number of carbonyl (C=O) groups is 2. The normalized spacial score (nSPS) is 13.6. The molecule has 0 atom stereocenters. The third-order valence-electron chi connectivity index (χ3n) is 6.95. The summed E-state index contributed by atoms with van der Waals surface area (Å²) in [5, 5.41) is 6.08. The van der Waals surface area contributed by atoms with Gasteiger partial charge in [-0.3, -0.25) is 19.8 Å². The third kappa shape index (κ3) is 6.39. The van der Waals surface area contributed by atoms with Crippen LogP contribution in [0.2, 0.25) is 5.02 Å². The van der Waals surface area contributed by atoms with Crippen LogP contribution in [0.1, 0.15) is 37.9 Å². The number of hydrogen-bond donors (Lipinski definition) is 2. The third-order valence-corrected chi connectivity index (χ3v) is 7.48. The van der Waals surface area contributed by atoms with Crippen LogP contribution in [0.25, 0.3) is 0 Å². The molecule has 2 N–H and O–H groups in total. The molecule has 8 heteroatoms. The molecule has 1 fully saturated rings. The lowest BCUT2D eigenvalue weighted by Gasteiger charge is -2.40. The molecule has 1 heterocycles. The van der Waals surface area contributed by atoms with Crippen LogP contribution in [0.15, 0.2) is 109 Å². The Morgan fingerprint density at radius 1 is 0.700 bits per heavy atom. The smallest absolute Gasteiger partial charge is 0.258 e. The first kappa shape index (κ1) is 27.5. The first-order valence-electron chi connectivity index (χ1n) is 13.1. The van der Waals surface area contributed by atoms with E-state index >= 15 is 0 Å². The number of amides is 2. The molecule has 2 amide bonds. The monoisotopic (exact) mass is 568 g/mol. The van der Waals surface area contributed by atoms with Crippen molar-refractivity contribution in [1.82, 2.24) is 15.1 Å². The number of halogens is 1. The van der Waals surface area contributed by atoms with Gasteiger partial charge in [0.2, 0.25) is 0 Å². The van der Waals surface area contributed by atoms with Crippen molar-refractivity contribution < 1.29 is 9.59 Å². The second-order valence-electron chi connectivity index (χ2n) is 9.49. The Morgan fingerprint density at radius 2 is 1.23 bits per heavy atom. The van der Waals surface area contributed by atoms with E-state index in [1.54, 1.807) is 36.4 Å². The number of para-hydroxylation sites is 1. The molecule has 40 heavy (non-hydrogen) atoms. The van der Waals surface area contributed by atoms with Crippen LogP contribution in [0.5, 0.6) is 0 Å². The second-order valence-corrected chi connectivity index (χ2v) is 10.3. The first-order chi connectivity index (χ1) is 19.5. The summed E-state index contributed by atoms with van der Waals surface area (Å²) in [5.74, 6) is -0.506. The molecular formula is C32H29ClN4O2S. The minimum atomic E-state index is -0.422. The van der Waals surface area contributed by atoms with Gasteiger partial charge in [-0.2, -0.15) is 0 Å². The molecule has 0 unspecified atom stereocenters. The average Bonchev–Trinajstić information content (AvgIpc) is 2.99. The maximum Gasteiger partial charge on any atom is 0.258 e. The highest BCUT2D eigenvalue weighted by Gasteiger charge is 2.29. The number of carbonyl (C=O) groups excluding carboxylic acids is 2. The lowest BCUT2D eigenvalue weighted by molar-refractivity contribution is 0.0598.